The van der Waals surface area contributed by atoms with Crippen LogP contribution in [0.4, 0.5) is 5.69 Å². The standard InChI is InChI=1S/C11H13N3O/c1-8-12-14(3)11(15)9-6-4-5-7-10(9)13(8)2/h4-7H,1-3H3. The summed E-state index contributed by atoms with van der Waals surface area (Å²) < 4.78 is 0. The quantitative estimate of drug-likeness (QED) is 0.641. The summed E-state index contributed by atoms with van der Waals surface area (Å²) in [4.78, 5) is 13.8. The Hall–Kier alpha value is -1.84. The number of hydrogen-bond donors (Lipinski definition) is 0. The van der Waals surface area contributed by atoms with Gasteiger partial charge in [-0.25, -0.2) is 5.01 Å². The average molecular weight is 203 g/mol. The molecule has 0 fully saturated rings. The van der Waals surface area contributed by atoms with Crippen LogP contribution in [0.1, 0.15) is 17.3 Å². The van der Waals surface area contributed by atoms with Gasteiger partial charge in [-0.3, -0.25) is 4.79 Å². The molecule has 0 N–H and O–H groups in total. The summed E-state index contributed by atoms with van der Waals surface area (Å²) >= 11 is 0. The van der Waals surface area contributed by atoms with E-state index in [1.807, 2.05) is 43.1 Å². The van der Waals surface area contributed by atoms with Gasteiger partial charge in [0, 0.05) is 14.1 Å². The minimum atomic E-state index is -0.0747. The molecule has 0 saturated heterocycles. The van der Waals surface area contributed by atoms with Gasteiger partial charge in [-0.15, -0.1) is 0 Å². The van der Waals surface area contributed by atoms with Crippen molar-refractivity contribution in [2.45, 2.75) is 6.92 Å². The summed E-state index contributed by atoms with van der Waals surface area (Å²) in [6, 6.07) is 7.52. The van der Waals surface area contributed by atoms with Crippen molar-refractivity contribution >= 4 is 17.4 Å². The molecule has 0 aromatic heterocycles. The zero-order chi connectivity index (χ0) is 11.0. The number of benzene rings is 1. The molecule has 0 unspecified atom stereocenters. The molecule has 4 heteroatoms. The molecule has 1 aromatic carbocycles. The zero-order valence-corrected chi connectivity index (χ0v) is 9.06. The highest BCUT2D eigenvalue weighted by Gasteiger charge is 2.22. The second-order valence-corrected chi connectivity index (χ2v) is 3.55. The Morgan fingerprint density at radius 1 is 1.20 bits per heavy atom. The van der Waals surface area contributed by atoms with Gasteiger partial charge in [-0.1, -0.05) is 12.1 Å². The number of amidine groups is 1. The maximum atomic E-state index is 11.9. The summed E-state index contributed by atoms with van der Waals surface area (Å²) in [5.74, 6) is 0.727. The molecule has 0 aliphatic carbocycles. The molecular formula is C11H13N3O. The molecule has 0 atom stereocenters. The molecule has 2 rings (SSSR count). The molecule has 1 aliphatic heterocycles. The molecular weight excluding hydrogens is 190 g/mol. The topological polar surface area (TPSA) is 35.9 Å². The second-order valence-electron chi connectivity index (χ2n) is 3.55. The first-order chi connectivity index (χ1) is 7.11. The fraction of sp³-hybridized carbons (Fsp3) is 0.273. The first kappa shape index (κ1) is 9.71. The molecule has 4 nitrogen and oxygen atoms in total. The van der Waals surface area contributed by atoms with E-state index >= 15 is 0 Å². The number of nitrogens with zero attached hydrogens (tertiary/aromatic N) is 3. The number of hydrogen-bond acceptors (Lipinski definition) is 3. The third-order valence-electron chi connectivity index (χ3n) is 2.57. The maximum absolute atomic E-state index is 11.9. The number of rotatable bonds is 0. The number of carbonyl (C=O) groups excluding carboxylic acids is 1. The van der Waals surface area contributed by atoms with Crippen LogP contribution in [0.15, 0.2) is 29.4 Å². The van der Waals surface area contributed by atoms with Gasteiger partial charge in [0.1, 0.15) is 5.84 Å². The molecule has 0 saturated carbocycles. The Morgan fingerprint density at radius 2 is 1.87 bits per heavy atom. The SMILES string of the molecule is CC1=NN(C)C(=O)c2ccccc2N1C. The van der Waals surface area contributed by atoms with Crippen molar-refractivity contribution in [3.63, 3.8) is 0 Å². The van der Waals surface area contributed by atoms with Gasteiger partial charge in [-0.2, -0.15) is 5.10 Å². The Morgan fingerprint density at radius 3 is 2.60 bits per heavy atom. The van der Waals surface area contributed by atoms with Gasteiger partial charge in [0.25, 0.3) is 5.91 Å². The van der Waals surface area contributed by atoms with E-state index in [1.165, 1.54) is 5.01 Å². The van der Waals surface area contributed by atoms with Crippen LogP contribution in [0.3, 0.4) is 0 Å². The zero-order valence-electron chi connectivity index (χ0n) is 9.06. The Balaban J connectivity index is 2.63. The molecule has 0 bridgehead atoms. The predicted molar refractivity (Wildman–Crippen MR) is 60.0 cm³/mol. The van der Waals surface area contributed by atoms with Gasteiger partial charge < -0.3 is 4.90 Å². The summed E-state index contributed by atoms with van der Waals surface area (Å²) in [6.45, 7) is 1.88. The lowest BCUT2D eigenvalue weighted by Crippen LogP contribution is -2.24. The van der Waals surface area contributed by atoms with Crippen molar-refractivity contribution in [2.75, 3.05) is 19.0 Å². The summed E-state index contributed by atoms with van der Waals surface area (Å²) in [5.41, 5.74) is 1.58. The van der Waals surface area contributed by atoms with E-state index in [-0.39, 0.29) is 5.91 Å². The molecule has 1 aliphatic rings. The normalized spacial score (nSPS) is 15.9. The number of anilines is 1. The second kappa shape index (κ2) is 3.38. The number of carbonyl (C=O) groups is 1. The van der Waals surface area contributed by atoms with Gasteiger partial charge in [0.2, 0.25) is 0 Å². The van der Waals surface area contributed by atoms with E-state index in [0.29, 0.717) is 5.56 Å². The minimum Gasteiger partial charge on any atom is -0.331 e. The summed E-state index contributed by atoms with van der Waals surface area (Å²) in [5, 5.41) is 5.55. The molecule has 1 aromatic rings. The van der Waals surface area contributed by atoms with Crippen molar-refractivity contribution in [3.8, 4) is 0 Å². The number of hydrazone groups is 1. The van der Waals surface area contributed by atoms with Crippen molar-refractivity contribution in [1.82, 2.24) is 5.01 Å². The van der Waals surface area contributed by atoms with Crippen LogP contribution in [0.2, 0.25) is 0 Å². The highest BCUT2D eigenvalue weighted by molar-refractivity contribution is 6.07. The van der Waals surface area contributed by atoms with Crippen LogP contribution in [-0.4, -0.2) is 30.8 Å². The Kier molecular flexibility index (Phi) is 2.19. The van der Waals surface area contributed by atoms with Gasteiger partial charge in [-0.05, 0) is 19.1 Å². The predicted octanol–water partition coefficient (Wildman–Crippen LogP) is 1.54. The van der Waals surface area contributed by atoms with Crippen LogP contribution >= 0.6 is 0 Å². The lowest BCUT2D eigenvalue weighted by Gasteiger charge is -2.17. The van der Waals surface area contributed by atoms with Crippen LogP contribution in [0.5, 0.6) is 0 Å². The van der Waals surface area contributed by atoms with Gasteiger partial charge >= 0.3 is 0 Å². The van der Waals surface area contributed by atoms with E-state index in [2.05, 4.69) is 5.10 Å². The third-order valence-corrected chi connectivity index (χ3v) is 2.57. The van der Waals surface area contributed by atoms with Crippen molar-refractivity contribution in [2.24, 2.45) is 5.10 Å². The molecule has 78 valence electrons. The van der Waals surface area contributed by atoms with Crippen LogP contribution < -0.4 is 4.90 Å². The van der Waals surface area contributed by atoms with Crippen LogP contribution in [0.25, 0.3) is 0 Å². The smallest absolute Gasteiger partial charge is 0.275 e. The van der Waals surface area contributed by atoms with Crippen LogP contribution in [0, 0.1) is 0 Å². The highest BCUT2D eigenvalue weighted by Crippen LogP contribution is 2.23. The van der Waals surface area contributed by atoms with Crippen LogP contribution in [-0.2, 0) is 0 Å². The van der Waals surface area contributed by atoms with Gasteiger partial charge in [0.05, 0.1) is 11.3 Å². The molecule has 0 radical (unpaired) electrons. The highest BCUT2D eigenvalue weighted by atomic mass is 16.2. The fourth-order valence-electron chi connectivity index (χ4n) is 1.63. The lowest BCUT2D eigenvalue weighted by molar-refractivity contribution is 0.0802. The fourth-order valence-corrected chi connectivity index (χ4v) is 1.63. The largest absolute Gasteiger partial charge is 0.331 e. The Labute approximate surface area is 88.8 Å². The van der Waals surface area contributed by atoms with Gasteiger partial charge in [0.15, 0.2) is 0 Å². The lowest BCUT2D eigenvalue weighted by atomic mass is 10.1. The van der Waals surface area contributed by atoms with Crippen molar-refractivity contribution in [1.29, 1.82) is 0 Å². The number of para-hydroxylation sites is 1. The average Bonchev–Trinajstić information content (AvgIpc) is 2.33. The van der Waals surface area contributed by atoms with Crippen molar-refractivity contribution in [3.05, 3.63) is 29.8 Å². The third kappa shape index (κ3) is 1.48. The minimum absolute atomic E-state index is 0.0747. The first-order valence-electron chi connectivity index (χ1n) is 4.77. The molecule has 15 heavy (non-hydrogen) atoms. The van der Waals surface area contributed by atoms with E-state index in [4.69, 9.17) is 0 Å². The summed E-state index contributed by atoms with van der Waals surface area (Å²) in [6.07, 6.45) is 0. The number of amides is 1. The number of fused-ring (bicyclic) bond motifs is 1. The monoisotopic (exact) mass is 203 g/mol. The maximum Gasteiger partial charge on any atom is 0.275 e. The van der Waals surface area contributed by atoms with Crippen molar-refractivity contribution < 1.29 is 4.79 Å². The van der Waals surface area contributed by atoms with E-state index in [0.717, 1.165) is 11.5 Å². The first-order valence-corrected chi connectivity index (χ1v) is 4.77. The Bertz CT molecular complexity index is 439. The molecule has 1 amide bonds. The van der Waals surface area contributed by atoms with E-state index in [1.54, 1.807) is 7.05 Å². The van der Waals surface area contributed by atoms with E-state index in [9.17, 15) is 4.79 Å². The molecule has 0 spiro atoms. The summed E-state index contributed by atoms with van der Waals surface area (Å²) in [7, 11) is 3.58. The molecule has 1 heterocycles. The van der Waals surface area contributed by atoms with E-state index < -0.39 is 0 Å².